The van der Waals surface area contributed by atoms with Gasteiger partial charge in [-0.3, -0.25) is 4.79 Å². The highest BCUT2D eigenvalue weighted by atomic mass is 35.5. The van der Waals surface area contributed by atoms with Gasteiger partial charge in [0.2, 0.25) is 5.91 Å². The maximum absolute atomic E-state index is 12.6. The van der Waals surface area contributed by atoms with Crippen molar-refractivity contribution in [2.24, 2.45) is 11.1 Å². The predicted molar refractivity (Wildman–Crippen MR) is 89.6 cm³/mol. The van der Waals surface area contributed by atoms with E-state index in [1.165, 1.54) is 19.3 Å². The van der Waals surface area contributed by atoms with Crippen LogP contribution >= 0.6 is 24.2 Å². The summed E-state index contributed by atoms with van der Waals surface area (Å²) in [5, 5.41) is 0.637. The largest absolute Gasteiger partial charge is 0.341 e. The van der Waals surface area contributed by atoms with Crippen molar-refractivity contribution in [3.8, 4) is 0 Å². The first-order valence-electron chi connectivity index (χ1n) is 7.78. The van der Waals surface area contributed by atoms with E-state index in [9.17, 15) is 4.79 Å². The number of carbonyl (C=O) groups excluding carboxylic acids is 1. The van der Waals surface area contributed by atoms with Gasteiger partial charge in [-0.2, -0.15) is 11.8 Å². The number of hydrogen-bond donors (Lipinski definition) is 1. The molecule has 1 saturated heterocycles. The standard InChI is InChI=1S/C15H28N2OS.ClH/c1-2-13-11-17(8-9-19-13)14(18)10-15(12-16)6-4-3-5-7-15;/h13H,2-12,16H2,1H3;1H. The topological polar surface area (TPSA) is 46.3 Å². The van der Waals surface area contributed by atoms with Crippen LogP contribution in [0.15, 0.2) is 0 Å². The molecule has 2 N–H and O–H groups in total. The first-order chi connectivity index (χ1) is 9.19. The van der Waals surface area contributed by atoms with Crippen molar-refractivity contribution < 1.29 is 4.79 Å². The van der Waals surface area contributed by atoms with Gasteiger partial charge in [0.1, 0.15) is 0 Å². The Bertz CT molecular complexity index is 308. The molecule has 0 aromatic carbocycles. The van der Waals surface area contributed by atoms with Crippen molar-refractivity contribution in [3.05, 3.63) is 0 Å². The van der Waals surface area contributed by atoms with Crippen LogP contribution in [0.1, 0.15) is 51.9 Å². The minimum Gasteiger partial charge on any atom is -0.341 e. The highest BCUT2D eigenvalue weighted by molar-refractivity contribution is 8.00. The molecule has 1 saturated carbocycles. The first-order valence-corrected chi connectivity index (χ1v) is 8.83. The van der Waals surface area contributed by atoms with Gasteiger partial charge in [-0.05, 0) is 31.2 Å². The van der Waals surface area contributed by atoms with Gasteiger partial charge in [0.05, 0.1) is 0 Å². The summed E-state index contributed by atoms with van der Waals surface area (Å²) in [5.41, 5.74) is 6.11. The maximum Gasteiger partial charge on any atom is 0.223 e. The molecule has 0 bridgehead atoms. The summed E-state index contributed by atoms with van der Waals surface area (Å²) < 4.78 is 0. The monoisotopic (exact) mass is 320 g/mol. The maximum atomic E-state index is 12.6. The van der Waals surface area contributed by atoms with Crippen molar-refractivity contribution in [2.75, 3.05) is 25.4 Å². The molecular formula is C15H29ClN2OS. The molecule has 0 radical (unpaired) electrons. The summed E-state index contributed by atoms with van der Waals surface area (Å²) >= 11 is 2.02. The summed E-state index contributed by atoms with van der Waals surface area (Å²) in [6.45, 7) is 4.77. The van der Waals surface area contributed by atoms with Crippen molar-refractivity contribution in [1.82, 2.24) is 4.90 Å². The summed E-state index contributed by atoms with van der Waals surface area (Å²) in [6, 6.07) is 0. The van der Waals surface area contributed by atoms with Gasteiger partial charge in [-0.25, -0.2) is 0 Å². The second-order valence-electron chi connectivity index (χ2n) is 6.18. The molecule has 20 heavy (non-hydrogen) atoms. The Kier molecular flexibility index (Phi) is 7.70. The summed E-state index contributed by atoms with van der Waals surface area (Å²) in [6.07, 6.45) is 7.95. The Morgan fingerprint density at radius 2 is 2.05 bits per heavy atom. The molecule has 0 spiro atoms. The summed E-state index contributed by atoms with van der Waals surface area (Å²) in [7, 11) is 0. The number of thioether (sulfide) groups is 1. The quantitative estimate of drug-likeness (QED) is 0.866. The van der Waals surface area contributed by atoms with Crippen LogP contribution in [-0.4, -0.2) is 41.4 Å². The van der Waals surface area contributed by atoms with Crippen LogP contribution in [0.25, 0.3) is 0 Å². The van der Waals surface area contributed by atoms with E-state index in [2.05, 4.69) is 11.8 Å². The Balaban J connectivity index is 0.00000200. The molecule has 2 aliphatic rings. The lowest BCUT2D eigenvalue weighted by Gasteiger charge is -2.39. The van der Waals surface area contributed by atoms with Crippen LogP contribution in [-0.2, 0) is 4.79 Å². The Labute approximate surface area is 133 Å². The molecule has 1 aliphatic carbocycles. The molecule has 2 rings (SSSR count). The summed E-state index contributed by atoms with van der Waals surface area (Å²) in [4.78, 5) is 14.6. The number of halogens is 1. The molecule has 0 aromatic rings. The number of nitrogens with zero attached hydrogens (tertiary/aromatic N) is 1. The molecule has 1 unspecified atom stereocenters. The Morgan fingerprint density at radius 1 is 1.35 bits per heavy atom. The molecule has 2 fully saturated rings. The van der Waals surface area contributed by atoms with Crippen LogP contribution in [0.5, 0.6) is 0 Å². The second kappa shape index (κ2) is 8.50. The van der Waals surface area contributed by atoms with E-state index in [0.29, 0.717) is 24.1 Å². The SMILES string of the molecule is CCC1CN(C(=O)CC2(CN)CCCCC2)CCS1.Cl. The molecule has 1 heterocycles. The smallest absolute Gasteiger partial charge is 0.223 e. The number of hydrogen-bond acceptors (Lipinski definition) is 3. The van der Waals surface area contributed by atoms with Crippen LogP contribution in [0.2, 0.25) is 0 Å². The lowest BCUT2D eigenvalue weighted by Crippen LogP contribution is -2.45. The molecule has 1 atom stereocenters. The molecule has 5 heteroatoms. The van der Waals surface area contributed by atoms with Crippen molar-refractivity contribution in [2.45, 2.75) is 57.1 Å². The van der Waals surface area contributed by atoms with Crippen LogP contribution in [0, 0.1) is 5.41 Å². The van der Waals surface area contributed by atoms with Gasteiger partial charge in [0, 0.05) is 30.5 Å². The van der Waals surface area contributed by atoms with Crippen molar-refractivity contribution in [1.29, 1.82) is 0 Å². The molecule has 1 amide bonds. The average molecular weight is 321 g/mol. The van der Waals surface area contributed by atoms with Crippen LogP contribution < -0.4 is 5.73 Å². The summed E-state index contributed by atoms with van der Waals surface area (Å²) in [5.74, 6) is 1.45. The van der Waals surface area contributed by atoms with E-state index in [-0.39, 0.29) is 17.8 Å². The van der Waals surface area contributed by atoms with E-state index in [0.717, 1.165) is 38.1 Å². The fourth-order valence-corrected chi connectivity index (χ4v) is 4.56. The molecule has 118 valence electrons. The first kappa shape index (κ1) is 18.1. The predicted octanol–water partition coefficient (Wildman–Crippen LogP) is 3.06. The second-order valence-corrected chi connectivity index (χ2v) is 7.59. The average Bonchev–Trinajstić information content (AvgIpc) is 2.48. The highest BCUT2D eigenvalue weighted by Crippen LogP contribution is 2.39. The highest BCUT2D eigenvalue weighted by Gasteiger charge is 2.35. The lowest BCUT2D eigenvalue weighted by molar-refractivity contribution is -0.134. The third kappa shape index (κ3) is 4.54. The molecule has 1 aliphatic heterocycles. The van der Waals surface area contributed by atoms with E-state index in [4.69, 9.17) is 5.73 Å². The third-order valence-electron chi connectivity index (χ3n) is 4.82. The zero-order valence-electron chi connectivity index (χ0n) is 12.6. The van der Waals surface area contributed by atoms with Gasteiger partial charge in [-0.15, -0.1) is 12.4 Å². The normalized spacial score (nSPS) is 25.9. The lowest BCUT2D eigenvalue weighted by atomic mass is 9.71. The Morgan fingerprint density at radius 3 is 2.65 bits per heavy atom. The fourth-order valence-electron chi connectivity index (χ4n) is 3.38. The Hall–Kier alpha value is 0.0700. The van der Waals surface area contributed by atoms with Gasteiger partial charge in [0.25, 0.3) is 0 Å². The number of nitrogens with two attached hydrogens (primary N) is 1. The van der Waals surface area contributed by atoms with Gasteiger partial charge in [0.15, 0.2) is 0 Å². The van der Waals surface area contributed by atoms with E-state index >= 15 is 0 Å². The zero-order valence-corrected chi connectivity index (χ0v) is 14.2. The van der Waals surface area contributed by atoms with Crippen molar-refractivity contribution in [3.63, 3.8) is 0 Å². The minimum absolute atomic E-state index is 0. The van der Waals surface area contributed by atoms with Crippen molar-refractivity contribution >= 4 is 30.1 Å². The van der Waals surface area contributed by atoms with Gasteiger partial charge >= 0.3 is 0 Å². The van der Waals surface area contributed by atoms with E-state index < -0.39 is 0 Å². The van der Waals surface area contributed by atoms with Gasteiger partial charge in [-0.1, -0.05) is 26.2 Å². The minimum atomic E-state index is 0. The third-order valence-corrected chi connectivity index (χ3v) is 6.19. The zero-order chi connectivity index (χ0) is 13.7. The van der Waals surface area contributed by atoms with Crippen LogP contribution in [0.3, 0.4) is 0 Å². The van der Waals surface area contributed by atoms with Gasteiger partial charge < -0.3 is 10.6 Å². The fraction of sp³-hybridized carbons (Fsp3) is 0.933. The number of amides is 1. The molecule has 0 aromatic heterocycles. The van der Waals surface area contributed by atoms with E-state index in [1.54, 1.807) is 0 Å². The van der Waals surface area contributed by atoms with E-state index in [1.807, 2.05) is 11.8 Å². The number of rotatable bonds is 4. The molecular weight excluding hydrogens is 292 g/mol. The van der Waals surface area contributed by atoms with Crippen LogP contribution in [0.4, 0.5) is 0 Å². The molecule has 3 nitrogen and oxygen atoms in total. The number of carbonyl (C=O) groups is 1.